The molecule has 0 amide bonds. The molecule has 1 saturated carbocycles. The average Bonchev–Trinajstić information content (AvgIpc) is 3.17. The maximum Gasteiger partial charge on any atom is 0.317 e. The van der Waals surface area contributed by atoms with Crippen molar-refractivity contribution in [3.8, 4) is 5.75 Å². The van der Waals surface area contributed by atoms with Gasteiger partial charge in [-0.25, -0.2) is 0 Å². The summed E-state index contributed by atoms with van der Waals surface area (Å²) >= 11 is 5.97. The number of halogens is 1. The van der Waals surface area contributed by atoms with Gasteiger partial charge in [0, 0.05) is 5.02 Å². The van der Waals surface area contributed by atoms with Crippen LogP contribution in [-0.2, 0) is 14.9 Å². The molecule has 2 aromatic rings. The molecular formula is C21H21ClO4. The van der Waals surface area contributed by atoms with Crippen molar-refractivity contribution in [3.05, 3.63) is 64.7 Å². The Hall–Kier alpha value is -2.33. The first-order valence-electron chi connectivity index (χ1n) is 8.66. The number of esters is 1. The predicted molar refractivity (Wildman–Crippen MR) is 99.9 cm³/mol. The molecule has 0 aliphatic heterocycles. The molecule has 26 heavy (non-hydrogen) atoms. The lowest BCUT2D eigenvalue weighted by Crippen LogP contribution is -2.35. The zero-order chi connectivity index (χ0) is 18.6. The number of hydrogen-bond donors (Lipinski definition) is 0. The van der Waals surface area contributed by atoms with Crippen LogP contribution < -0.4 is 4.74 Å². The minimum Gasteiger partial charge on any atom is -0.496 e. The van der Waals surface area contributed by atoms with E-state index >= 15 is 0 Å². The van der Waals surface area contributed by atoms with Crippen molar-refractivity contribution in [1.82, 2.24) is 0 Å². The van der Waals surface area contributed by atoms with Gasteiger partial charge in [-0.3, -0.25) is 9.59 Å². The van der Waals surface area contributed by atoms with Gasteiger partial charge in [0.25, 0.3) is 0 Å². The fourth-order valence-corrected chi connectivity index (χ4v) is 3.71. The van der Waals surface area contributed by atoms with Crippen LogP contribution in [0.3, 0.4) is 0 Å². The number of ether oxygens (including phenoxy) is 2. The maximum atomic E-state index is 12.9. The Kier molecular flexibility index (Phi) is 5.62. The van der Waals surface area contributed by atoms with Crippen LogP contribution in [-0.4, -0.2) is 25.5 Å². The maximum absolute atomic E-state index is 12.9. The summed E-state index contributed by atoms with van der Waals surface area (Å²) in [5.74, 6) is -0.151. The van der Waals surface area contributed by atoms with Crippen LogP contribution >= 0.6 is 11.6 Å². The van der Waals surface area contributed by atoms with Gasteiger partial charge in [-0.05, 0) is 42.7 Å². The molecule has 136 valence electrons. The summed E-state index contributed by atoms with van der Waals surface area (Å²) in [5, 5.41) is 0.626. The molecule has 0 saturated heterocycles. The van der Waals surface area contributed by atoms with Gasteiger partial charge in [0.1, 0.15) is 5.75 Å². The topological polar surface area (TPSA) is 52.6 Å². The van der Waals surface area contributed by atoms with E-state index in [1.807, 2.05) is 12.1 Å². The van der Waals surface area contributed by atoms with E-state index in [1.165, 1.54) is 7.11 Å². The third-order valence-electron chi connectivity index (χ3n) is 4.99. The number of hydrogen-bond acceptors (Lipinski definition) is 4. The monoisotopic (exact) mass is 372 g/mol. The van der Waals surface area contributed by atoms with E-state index in [-0.39, 0.29) is 18.4 Å². The van der Waals surface area contributed by atoms with Crippen LogP contribution in [0.4, 0.5) is 0 Å². The molecule has 0 heterocycles. The normalized spacial score (nSPS) is 15.5. The van der Waals surface area contributed by atoms with Crippen molar-refractivity contribution >= 4 is 23.4 Å². The van der Waals surface area contributed by atoms with Gasteiger partial charge in [-0.2, -0.15) is 0 Å². The number of methoxy groups -OCH3 is 1. The molecule has 2 aromatic carbocycles. The first kappa shape index (κ1) is 18.5. The van der Waals surface area contributed by atoms with E-state index in [2.05, 4.69) is 0 Å². The number of rotatable bonds is 6. The van der Waals surface area contributed by atoms with Gasteiger partial charge in [0.2, 0.25) is 5.78 Å². The second-order valence-electron chi connectivity index (χ2n) is 6.50. The summed E-state index contributed by atoms with van der Waals surface area (Å²) in [6.45, 7) is -0.297. The molecule has 0 radical (unpaired) electrons. The van der Waals surface area contributed by atoms with Gasteiger partial charge in [-0.15, -0.1) is 0 Å². The van der Waals surface area contributed by atoms with E-state index in [0.29, 0.717) is 16.3 Å². The molecule has 0 bridgehead atoms. The zero-order valence-electron chi connectivity index (χ0n) is 14.7. The van der Waals surface area contributed by atoms with Crippen LogP contribution in [0.2, 0.25) is 5.02 Å². The highest BCUT2D eigenvalue weighted by atomic mass is 35.5. The molecule has 3 rings (SSSR count). The van der Waals surface area contributed by atoms with E-state index in [0.717, 1.165) is 31.2 Å². The second-order valence-corrected chi connectivity index (χ2v) is 6.93. The summed E-state index contributed by atoms with van der Waals surface area (Å²) in [6.07, 6.45) is 3.35. The molecule has 0 aromatic heterocycles. The Morgan fingerprint density at radius 1 is 1.04 bits per heavy atom. The van der Waals surface area contributed by atoms with E-state index in [4.69, 9.17) is 21.1 Å². The van der Waals surface area contributed by atoms with Crippen molar-refractivity contribution in [2.45, 2.75) is 31.1 Å². The number of carbonyl (C=O) groups is 2. The van der Waals surface area contributed by atoms with Crippen LogP contribution in [0.15, 0.2) is 48.5 Å². The number of para-hydroxylation sites is 1. The van der Waals surface area contributed by atoms with Gasteiger partial charge in [0.05, 0.1) is 18.1 Å². The Balaban J connectivity index is 1.75. The first-order chi connectivity index (χ1) is 12.6. The standard InChI is InChI=1S/C21H21ClO4/c1-25-19-7-3-2-6-17(19)18(23)14-26-20(24)21(12-4-5-13-21)15-8-10-16(22)11-9-15/h2-3,6-11H,4-5,12-14H2,1H3. The fraction of sp³-hybridized carbons (Fsp3) is 0.333. The molecule has 1 fully saturated rings. The highest BCUT2D eigenvalue weighted by molar-refractivity contribution is 6.30. The fourth-order valence-electron chi connectivity index (χ4n) is 3.58. The third-order valence-corrected chi connectivity index (χ3v) is 5.24. The Labute approximate surface area is 158 Å². The molecule has 0 atom stereocenters. The molecule has 1 aliphatic carbocycles. The van der Waals surface area contributed by atoms with Gasteiger partial charge >= 0.3 is 5.97 Å². The van der Waals surface area contributed by atoms with Crippen molar-refractivity contribution in [2.75, 3.05) is 13.7 Å². The molecule has 4 nitrogen and oxygen atoms in total. The van der Waals surface area contributed by atoms with Crippen molar-refractivity contribution in [2.24, 2.45) is 0 Å². The molecule has 5 heteroatoms. The first-order valence-corrected chi connectivity index (χ1v) is 9.04. The lowest BCUT2D eigenvalue weighted by atomic mass is 9.79. The summed E-state index contributed by atoms with van der Waals surface area (Å²) in [5.41, 5.74) is 0.620. The Morgan fingerprint density at radius 2 is 1.69 bits per heavy atom. The molecular weight excluding hydrogens is 352 g/mol. The summed E-state index contributed by atoms with van der Waals surface area (Å²) in [7, 11) is 1.51. The number of ketones is 1. The zero-order valence-corrected chi connectivity index (χ0v) is 15.4. The molecule has 0 unspecified atom stereocenters. The van der Waals surface area contributed by atoms with Crippen molar-refractivity contribution < 1.29 is 19.1 Å². The van der Waals surface area contributed by atoms with Crippen LogP contribution in [0.1, 0.15) is 41.6 Å². The highest BCUT2D eigenvalue weighted by Gasteiger charge is 2.44. The average molecular weight is 373 g/mol. The number of carbonyl (C=O) groups excluding carboxylic acids is 2. The summed E-state index contributed by atoms with van der Waals surface area (Å²) < 4.78 is 10.7. The highest BCUT2D eigenvalue weighted by Crippen LogP contribution is 2.42. The molecule has 0 spiro atoms. The smallest absolute Gasteiger partial charge is 0.317 e. The SMILES string of the molecule is COc1ccccc1C(=O)COC(=O)C1(c2ccc(Cl)cc2)CCCC1. The largest absolute Gasteiger partial charge is 0.496 e. The van der Waals surface area contributed by atoms with Gasteiger partial charge in [0.15, 0.2) is 6.61 Å². The summed E-state index contributed by atoms with van der Waals surface area (Å²) in [4.78, 5) is 25.4. The third kappa shape index (κ3) is 3.61. The van der Waals surface area contributed by atoms with Crippen molar-refractivity contribution in [1.29, 1.82) is 0 Å². The Bertz CT molecular complexity index is 792. The second kappa shape index (κ2) is 7.92. The lowest BCUT2D eigenvalue weighted by molar-refractivity contribution is -0.149. The van der Waals surface area contributed by atoms with Crippen LogP contribution in [0, 0.1) is 0 Å². The minimum atomic E-state index is -0.689. The molecule has 1 aliphatic rings. The Morgan fingerprint density at radius 3 is 2.35 bits per heavy atom. The van der Waals surface area contributed by atoms with E-state index < -0.39 is 5.41 Å². The van der Waals surface area contributed by atoms with Crippen molar-refractivity contribution in [3.63, 3.8) is 0 Å². The minimum absolute atomic E-state index is 0.278. The van der Waals surface area contributed by atoms with Crippen LogP contribution in [0.5, 0.6) is 5.75 Å². The van der Waals surface area contributed by atoms with Crippen LogP contribution in [0.25, 0.3) is 0 Å². The van der Waals surface area contributed by atoms with E-state index in [1.54, 1.807) is 36.4 Å². The predicted octanol–water partition coefficient (Wildman–Crippen LogP) is 4.59. The van der Waals surface area contributed by atoms with Gasteiger partial charge in [-0.1, -0.05) is 48.7 Å². The lowest BCUT2D eigenvalue weighted by Gasteiger charge is -2.27. The quantitative estimate of drug-likeness (QED) is 0.550. The number of Topliss-reactive ketones (excluding diaryl/α,β-unsaturated/α-hetero) is 1. The summed E-state index contributed by atoms with van der Waals surface area (Å²) in [6, 6.07) is 14.2. The van der Waals surface area contributed by atoms with E-state index in [9.17, 15) is 9.59 Å². The van der Waals surface area contributed by atoms with Gasteiger partial charge < -0.3 is 9.47 Å². The number of benzene rings is 2. The molecule has 0 N–H and O–H groups in total.